The van der Waals surface area contributed by atoms with Gasteiger partial charge in [-0.05, 0) is 42.8 Å². The molecule has 2 N–H and O–H groups in total. The molecule has 0 spiro atoms. The molecular formula is C25H22BrFN4O2. The molecular weight excluding hydrogens is 487 g/mol. The molecule has 3 aromatic carbocycles. The van der Waals surface area contributed by atoms with Gasteiger partial charge in [-0.15, -0.1) is 0 Å². The number of rotatable bonds is 4. The first-order chi connectivity index (χ1) is 15.8. The number of para-hydroxylation sites is 1. The van der Waals surface area contributed by atoms with Crippen LogP contribution in [0, 0.1) is 5.82 Å². The fraction of sp³-hybridized carbons (Fsp3) is 0.160. The van der Waals surface area contributed by atoms with E-state index in [1.54, 1.807) is 49.5 Å². The van der Waals surface area contributed by atoms with E-state index in [1.807, 2.05) is 31.2 Å². The summed E-state index contributed by atoms with van der Waals surface area (Å²) in [5.74, 6) is -0.893. The monoisotopic (exact) mass is 508 g/mol. The number of nitrogens with one attached hydrogen (secondary N) is 2. The number of hydrogen-bond donors (Lipinski definition) is 2. The lowest BCUT2D eigenvalue weighted by atomic mass is 10.00. The van der Waals surface area contributed by atoms with E-state index in [4.69, 9.17) is 0 Å². The van der Waals surface area contributed by atoms with Gasteiger partial charge in [0.05, 0.1) is 17.4 Å². The van der Waals surface area contributed by atoms with E-state index in [-0.39, 0.29) is 11.6 Å². The zero-order valence-corrected chi connectivity index (χ0v) is 19.6. The van der Waals surface area contributed by atoms with Gasteiger partial charge in [0.1, 0.15) is 5.82 Å². The Labute approximate surface area is 199 Å². The Hall–Kier alpha value is -3.52. The molecule has 0 saturated carbocycles. The molecule has 1 unspecified atom stereocenters. The summed E-state index contributed by atoms with van der Waals surface area (Å²) in [6.45, 7) is 1.84. The van der Waals surface area contributed by atoms with Crippen molar-refractivity contribution in [3.63, 3.8) is 0 Å². The Morgan fingerprint density at radius 2 is 1.67 bits per heavy atom. The molecule has 8 heteroatoms. The Bertz CT molecular complexity index is 1230. The van der Waals surface area contributed by atoms with Crippen LogP contribution in [0.15, 0.2) is 82.3 Å². The lowest BCUT2D eigenvalue weighted by Crippen LogP contribution is -2.49. The first kappa shape index (κ1) is 22.7. The van der Waals surface area contributed by atoms with Crippen LogP contribution in [-0.2, 0) is 4.79 Å². The molecule has 1 heterocycles. The second-order valence-electron chi connectivity index (χ2n) is 7.67. The normalized spacial score (nSPS) is 16.4. The largest absolute Gasteiger partial charge is 0.332 e. The summed E-state index contributed by atoms with van der Waals surface area (Å²) < 4.78 is 15.6. The number of benzodiazepines with no additional fused rings is 1. The number of amides is 3. The van der Waals surface area contributed by atoms with E-state index in [0.717, 1.165) is 10.0 Å². The smallest absolute Gasteiger partial charge is 0.317 e. The molecule has 0 bridgehead atoms. The van der Waals surface area contributed by atoms with Crippen molar-refractivity contribution in [3.05, 3.63) is 99.8 Å². The van der Waals surface area contributed by atoms with Crippen LogP contribution in [0.3, 0.4) is 0 Å². The third-order valence-electron chi connectivity index (χ3n) is 5.46. The highest BCUT2D eigenvalue weighted by atomic mass is 79.9. The number of benzene rings is 3. The molecule has 1 aliphatic heterocycles. The fourth-order valence-electron chi connectivity index (χ4n) is 3.68. The van der Waals surface area contributed by atoms with Crippen molar-refractivity contribution >= 4 is 39.3 Å². The van der Waals surface area contributed by atoms with Crippen LogP contribution in [0.4, 0.5) is 14.9 Å². The summed E-state index contributed by atoms with van der Waals surface area (Å²) in [6, 6.07) is 20.1. The number of carbonyl (C=O) groups is 2. The summed E-state index contributed by atoms with van der Waals surface area (Å²) in [4.78, 5) is 31.9. The van der Waals surface area contributed by atoms with E-state index >= 15 is 0 Å². The second kappa shape index (κ2) is 9.54. The molecule has 1 aliphatic rings. The van der Waals surface area contributed by atoms with Gasteiger partial charge in [-0.25, -0.2) is 14.2 Å². The van der Waals surface area contributed by atoms with Crippen LogP contribution in [0.2, 0.25) is 0 Å². The third-order valence-corrected chi connectivity index (χ3v) is 5.99. The molecule has 2 atom stereocenters. The van der Waals surface area contributed by atoms with Gasteiger partial charge in [-0.3, -0.25) is 4.79 Å². The Morgan fingerprint density at radius 3 is 2.36 bits per heavy atom. The number of hydrogen-bond acceptors (Lipinski definition) is 3. The van der Waals surface area contributed by atoms with E-state index in [0.29, 0.717) is 17.0 Å². The summed E-state index contributed by atoms with van der Waals surface area (Å²) in [5.41, 5.74) is 2.64. The van der Waals surface area contributed by atoms with Gasteiger partial charge in [0.2, 0.25) is 6.17 Å². The minimum absolute atomic E-state index is 0.253. The molecule has 3 amide bonds. The van der Waals surface area contributed by atoms with Crippen LogP contribution in [0.1, 0.15) is 29.7 Å². The molecule has 0 fully saturated rings. The van der Waals surface area contributed by atoms with Gasteiger partial charge < -0.3 is 15.5 Å². The lowest BCUT2D eigenvalue weighted by molar-refractivity contribution is -0.119. The van der Waals surface area contributed by atoms with E-state index in [2.05, 4.69) is 31.6 Å². The number of likely N-dealkylation sites (N-methyl/N-ethyl adjacent to an activating group) is 1. The van der Waals surface area contributed by atoms with Crippen molar-refractivity contribution in [1.82, 2.24) is 10.6 Å². The van der Waals surface area contributed by atoms with Gasteiger partial charge in [0.25, 0.3) is 5.91 Å². The predicted octanol–water partition coefficient (Wildman–Crippen LogP) is 4.79. The summed E-state index contributed by atoms with van der Waals surface area (Å²) >= 11 is 3.39. The van der Waals surface area contributed by atoms with Gasteiger partial charge in [0.15, 0.2) is 0 Å². The number of halogens is 2. The molecule has 0 radical (unpaired) electrons. The van der Waals surface area contributed by atoms with Crippen LogP contribution < -0.4 is 15.5 Å². The Balaban J connectivity index is 1.65. The van der Waals surface area contributed by atoms with Crippen LogP contribution in [0.25, 0.3) is 0 Å². The predicted molar refractivity (Wildman–Crippen MR) is 130 cm³/mol. The zero-order valence-electron chi connectivity index (χ0n) is 18.0. The van der Waals surface area contributed by atoms with Crippen molar-refractivity contribution in [2.24, 2.45) is 4.99 Å². The molecule has 0 aliphatic carbocycles. The summed E-state index contributed by atoms with van der Waals surface area (Å²) in [5, 5.41) is 5.47. The quantitative estimate of drug-likeness (QED) is 0.531. The minimum Gasteiger partial charge on any atom is -0.332 e. The van der Waals surface area contributed by atoms with Gasteiger partial charge in [-0.1, -0.05) is 58.4 Å². The third kappa shape index (κ3) is 4.80. The SMILES string of the molecule is C[C@H](NC(=O)NC1N=C(c2ccccc2F)c2ccccc2N(C)C1=O)c1ccc(Br)cc1. The number of fused-ring (bicyclic) bond motifs is 1. The highest BCUT2D eigenvalue weighted by Gasteiger charge is 2.31. The second-order valence-corrected chi connectivity index (χ2v) is 8.58. The number of anilines is 1. The maximum absolute atomic E-state index is 14.7. The van der Waals surface area contributed by atoms with Crippen molar-refractivity contribution in [2.75, 3.05) is 11.9 Å². The van der Waals surface area contributed by atoms with Crippen molar-refractivity contribution in [3.8, 4) is 0 Å². The molecule has 3 aromatic rings. The maximum Gasteiger partial charge on any atom is 0.317 e. The van der Waals surface area contributed by atoms with E-state index < -0.39 is 23.9 Å². The van der Waals surface area contributed by atoms with Crippen molar-refractivity contribution in [2.45, 2.75) is 19.1 Å². The minimum atomic E-state index is -1.23. The molecule has 33 heavy (non-hydrogen) atoms. The maximum atomic E-state index is 14.7. The van der Waals surface area contributed by atoms with E-state index in [1.165, 1.54) is 11.0 Å². The molecule has 0 aromatic heterocycles. The summed E-state index contributed by atoms with van der Waals surface area (Å²) in [7, 11) is 1.61. The molecule has 4 rings (SSSR count). The van der Waals surface area contributed by atoms with Gasteiger partial charge >= 0.3 is 6.03 Å². The number of aliphatic imine (C=N–C) groups is 1. The molecule has 6 nitrogen and oxygen atoms in total. The highest BCUT2D eigenvalue weighted by molar-refractivity contribution is 9.10. The Morgan fingerprint density at radius 1 is 1.03 bits per heavy atom. The number of nitrogens with zero attached hydrogens (tertiary/aromatic N) is 2. The summed E-state index contributed by atoms with van der Waals surface area (Å²) in [6.07, 6.45) is -1.23. The van der Waals surface area contributed by atoms with Crippen molar-refractivity contribution < 1.29 is 14.0 Å². The fourth-order valence-corrected chi connectivity index (χ4v) is 3.95. The van der Waals surface area contributed by atoms with Crippen LogP contribution in [-0.4, -0.2) is 30.9 Å². The zero-order chi connectivity index (χ0) is 23.5. The van der Waals surface area contributed by atoms with Crippen LogP contribution in [0.5, 0.6) is 0 Å². The topological polar surface area (TPSA) is 73.8 Å². The highest BCUT2D eigenvalue weighted by Crippen LogP contribution is 2.28. The van der Waals surface area contributed by atoms with Crippen molar-refractivity contribution in [1.29, 1.82) is 0 Å². The first-order valence-electron chi connectivity index (χ1n) is 10.4. The van der Waals surface area contributed by atoms with Gasteiger partial charge in [0, 0.05) is 22.6 Å². The lowest BCUT2D eigenvalue weighted by Gasteiger charge is -2.22. The number of carbonyl (C=O) groups excluding carboxylic acids is 2. The first-order valence-corrected chi connectivity index (χ1v) is 11.2. The van der Waals surface area contributed by atoms with Gasteiger partial charge in [-0.2, -0.15) is 0 Å². The van der Waals surface area contributed by atoms with E-state index in [9.17, 15) is 14.0 Å². The van der Waals surface area contributed by atoms with Crippen LogP contribution >= 0.6 is 15.9 Å². The average molecular weight is 509 g/mol. The molecule has 168 valence electrons. The standard InChI is InChI=1S/C25H22BrFN4O2/c1-15(16-11-13-17(26)14-12-16)28-25(33)30-23-24(32)31(2)21-10-6-4-8-19(21)22(29-23)18-7-3-5-9-20(18)27/h3-15,23H,1-2H3,(H2,28,30,33)/t15-,23?/m0/s1. The average Bonchev–Trinajstić information content (AvgIpc) is 2.90. The number of urea groups is 1. The Kier molecular flexibility index (Phi) is 6.55. The molecule has 0 saturated heterocycles.